The number of aromatic nitrogens is 7. The summed E-state index contributed by atoms with van der Waals surface area (Å²) in [6, 6.07) is 17.9. The van der Waals surface area contributed by atoms with E-state index < -0.39 is 0 Å². The van der Waals surface area contributed by atoms with E-state index in [1.54, 1.807) is 0 Å². The van der Waals surface area contributed by atoms with Gasteiger partial charge in [0, 0.05) is 62.4 Å². The van der Waals surface area contributed by atoms with Crippen molar-refractivity contribution >= 4 is 62.4 Å². The third kappa shape index (κ3) is 7.79. The first kappa shape index (κ1) is 39.8. The van der Waals surface area contributed by atoms with Crippen LogP contribution >= 0.6 is 0 Å². The van der Waals surface area contributed by atoms with E-state index in [0.717, 1.165) is 63.2 Å². The monoisotopic (exact) mass is 780 g/mol. The zero-order valence-corrected chi connectivity index (χ0v) is 34.5. The molecule has 0 radical (unpaired) electrons. The molecular weight excluding hydrogens is 727 g/mol. The largest absolute Gasteiger partial charge is 0.383 e. The van der Waals surface area contributed by atoms with Crippen LogP contribution in [-0.2, 0) is 10.3 Å². The highest BCUT2D eigenvalue weighted by Gasteiger charge is 2.36. The molecule has 1 saturated heterocycles. The maximum Gasteiger partial charge on any atom is 0.242 e. The zero-order valence-electron chi connectivity index (χ0n) is 34.5. The Morgan fingerprint density at radius 1 is 1.09 bits per heavy atom. The highest BCUT2D eigenvalue weighted by Crippen LogP contribution is 2.37. The number of amides is 1. The molecule has 5 heterocycles. The van der Waals surface area contributed by atoms with Gasteiger partial charge in [0.05, 0.1) is 22.7 Å². The van der Waals surface area contributed by atoms with Gasteiger partial charge in [-0.1, -0.05) is 42.8 Å². The lowest BCUT2D eigenvalue weighted by molar-refractivity contribution is -0.717. The van der Waals surface area contributed by atoms with Crippen LogP contribution in [0.4, 0.5) is 29.0 Å². The van der Waals surface area contributed by atoms with Gasteiger partial charge in [0.25, 0.3) is 0 Å². The topological polar surface area (TPSA) is 173 Å². The predicted octanol–water partition coefficient (Wildman–Crippen LogP) is 6.31. The summed E-state index contributed by atoms with van der Waals surface area (Å²) in [5.41, 5.74) is 19.8. The lowest BCUT2D eigenvalue weighted by Crippen LogP contribution is -2.55. The third-order valence-electron chi connectivity index (χ3n) is 10.7. The highest BCUT2D eigenvalue weighted by molar-refractivity contribution is 5.98. The maximum atomic E-state index is 12.1. The molecule has 6 N–H and O–H groups in total. The molecule has 1 aliphatic heterocycles. The van der Waals surface area contributed by atoms with Crippen molar-refractivity contribution in [3.8, 4) is 11.3 Å². The number of carbonyl (C=O) groups excluding carboxylic acids is 1. The second-order valence-electron chi connectivity index (χ2n) is 16.0. The molecular formula is C44H54N13O+. The van der Waals surface area contributed by atoms with Gasteiger partial charge in [-0.2, -0.15) is 5.10 Å². The number of hydrogen-bond acceptors (Lipinski definition) is 11. The smallest absolute Gasteiger partial charge is 0.242 e. The average molecular weight is 781 g/mol. The Morgan fingerprint density at radius 3 is 2.57 bits per heavy atom. The van der Waals surface area contributed by atoms with E-state index in [-0.39, 0.29) is 23.4 Å². The SMILES string of the molecule is C=C(c1ccc2nc(N(C)C)ccc2c1)c1c(N)ncnc1N(C=CC)CC1CCNCC1[n+]1cnc2c(c(-c3ccc(NC(=O)CC)cc3)nn2C(C)(C)C)c1N. The van der Waals surface area contributed by atoms with Gasteiger partial charge >= 0.3 is 0 Å². The fourth-order valence-corrected chi connectivity index (χ4v) is 7.65. The lowest BCUT2D eigenvalue weighted by Gasteiger charge is -2.35. The number of piperidine rings is 1. The number of nitrogens with two attached hydrogens (primary N) is 2. The average Bonchev–Trinajstić information content (AvgIpc) is 3.62. The number of anilines is 5. The molecule has 1 amide bonds. The van der Waals surface area contributed by atoms with Crippen LogP contribution in [0.15, 0.2) is 86.1 Å². The van der Waals surface area contributed by atoms with Crippen LogP contribution in [0, 0.1) is 5.92 Å². The Morgan fingerprint density at radius 2 is 1.86 bits per heavy atom. The Kier molecular flexibility index (Phi) is 11.1. The lowest BCUT2D eigenvalue weighted by atomic mass is 9.91. The summed E-state index contributed by atoms with van der Waals surface area (Å²) in [7, 11) is 3.96. The van der Waals surface area contributed by atoms with E-state index in [9.17, 15) is 4.79 Å². The Hall–Kier alpha value is -6.41. The van der Waals surface area contributed by atoms with Crippen LogP contribution in [0.5, 0.6) is 0 Å². The summed E-state index contributed by atoms with van der Waals surface area (Å²) in [5.74, 6) is 2.58. The summed E-state index contributed by atoms with van der Waals surface area (Å²) in [6.45, 7) is 16.8. The zero-order chi connectivity index (χ0) is 41.3. The number of benzene rings is 2. The van der Waals surface area contributed by atoms with E-state index in [1.807, 2.05) is 98.6 Å². The first-order chi connectivity index (χ1) is 27.8. The van der Waals surface area contributed by atoms with Gasteiger partial charge in [-0.15, -0.1) is 0 Å². The third-order valence-corrected chi connectivity index (χ3v) is 10.7. The van der Waals surface area contributed by atoms with Gasteiger partial charge in [-0.05, 0) is 88.2 Å². The van der Waals surface area contributed by atoms with Crippen molar-refractivity contribution in [2.45, 2.75) is 59.0 Å². The first-order valence-corrected chi connectivity index (χ1v) is 19.8. The summed E-state index contributed by atoms with van der Waals surface area (Å²) in [4.78, 5) is 35.3. The number of pyridine rings is 1. The number of fused-ring (bicyclic) bond motifs is 2. The standard InChI is InChI=1S/C44H53N13O/c1-9-21-55(42-37(40(45)48-25-49-42)27(3)29-13-17-33-30(22-29)14-18-35(52-33)54(7)8)24-31-19-20-47-23-34(31)56-26-50-43-38(41(56)46)39(53-57(43)44(4,5)6)28-11-15-32(16-12-28)51-36(58)10-2/h9,11-18,21-22,25-26,31,34,46-47H,3,10,19-20,23-24H2,1-2,4-8H3,(H3,45,48,49,51,53,58)/p+1. The van der Waals surface area contributed by atoms with E-state index in [1.165, 1.54) is 6.33 Å². The summed E-state index contributed by atoms with van der Waals surface area (Å²) < 4.78 is 4.04. The minimum absolute atomic E-state index is 0.0423. The molecule has 2 atom stereocenters. The molecule has 58 heavy (non-hydrogen) atoms. The Bertz CT molecular complexity index is 2520. The number of nitrogens with zero attached hydrogens (tertiary/aromatic N) is 9. The van der Waals surface area contributed by atoms with E-state index in [2.05, 4.69) is 64.6 Å². The van der Waals surface area contributed by atoms with Gasteiger partial charge in [-0.25, -0.2) is 24.2 Å². The minimum atomic E-state index is -0.362. The number of nitrogens with one attached hydrogen (secondary N) is 2. The molecule has 0 bridgehead atoms. The van der Waals surface area contributed by atoms with Gasteiger partial charge in [0.15, 0.2) is 0 Å². The maximum absolute atomic E-state index is 12.1. The van der Waals surface area contributed by atoms with E-state index >= 15 is 0 Å². The van der Waals surface area contributed by atoms with E-state index in [0.29, 0.717) is 48.2 Å². The quantitative estimate of drug-likeness (QED) is 0.109. The van der Waals surface area contributed by atoms with Gasteiger partial charge < -0.3 is 31.9 Å². The Labute approximate surface area is 339 Å². The second-order valence-corrected chi connectivity index (χ2v) is 16.0. The van der Waals surface area contributed by atoms with Crippen LogP contribution in [-0.4, -0.2) is 69.4 Å². The first-order valence-electron chi connectivity index (χ1n) is 19.8. The van der Waals surface area contributed by atoms with Gasteiger partial charge in [-0.3, -0.25) is 4.79 Å². The van der Waals surface area contributed by atoms with Crippen molar-refractivity contribution in [1.82, 2.24) is 35.0 Å². The molecule has 7 rings (SSSR count). The van der Waals surface area contributed by atoms with Crippen LogP contribution in [0.1, 0.15) is 64.6 Å². The number of carbonyl (C=O) groups is 1. The Balaban J connectivity index is 1.25. The number of hydrogen-bond donors (Lipinski definition) is 4. The fraction of sp³-hybridized carbons (Fsp3) is 0.341. The van der Waals surface area contributed by atoms with Gasteiger partial charge in [0.1, 0.15) is 34.9 Å². The van der Waals surface area contributed by atoms with Crippen molar-refractivity contribution in [1.29, 1.82) is 0 Å². The van der Waals surface area contributed by atoms with Gasteiger partial charge in [0.2, 0.25) is 23.7 Å². The normalized spacial score (nSPS) is 15.9. The number of allylic oxidation sites excluding steroid dienone is 1. The summed E-state index contributed by atoms with van der Waals surface area (Å²) >= 11 is 0. The van der Waals surface area contributed by atoms with Crippen molar-refractivity contribution in [3.63, 3.8) is 0 Å². The summed E-state index contributed by atoms with van der Waals surface area (Å²) in [5, 5.41) is 13.4. The molecule has 2 aromatic carbocycles. The molecule has 0 spiro atoms. The molecule has 1 fully saturated rings. The predicted molar refractivity (Wildman–Crippen MR) is 234 cm³/mol. The highest BCUT2D eigenvalue weighted by atomic mass is 16.1. The van der Waals surface area contributed by atoms with Crippen molar-refractivity contribution in [2.24, 2.45) is 5.92 Å². The molecule has 14 heteroatoms. The second kappa shape index (κ2) is 16.2. The molecule has 0 aliphatic carbocycles. The van der Waals surface area contributed by atoms with Crippen molar-refractivity contribution < 1.29 is 9.36 Å². The number of nitrogen functional groups attached to an aromatic ring is 2. The van der Waals surface area contributed by atoms with E-state index in [4.69, 9.17) is 31.5 Å². The molecule has 14 nitrogen and oxygen atoms in total. The van der Waals surface area contributed by atoms with Crippen molar-refractivity contribution in [2.75, 3.05) is 60.3 Å². The number of rotatable bonds is 11. The van der Waals surface area contributed by atoms with Crippen LogP contribution in [0.3, 0.4) is 0 Å². The molecule has 1 aliphatic rings. The minimum Gasteiger partial charge on any atom is -0.383 e. The molecule has 4 aromatic heterocycles. The van der Waals surface area contributed by atoms with Crippen molar-refractivity contribution in [3.05, 3.63) is 97.2 Å². The van der Waals surface area contributed by atoms with Crippen LogP contribution in [0.2, 0.25) is 0 Å². The molecule has 2 unspecified atom stereocenters. The fourth-order valence-electron chi connectivity index (χ4n) is 7.65. The van der Waals surface area contributed by atoms with Crippen LogP contribution < -0.4 is 36.5 Å². The molecule has 300 valence electrons. The molecule has 0 saturated carbocycles. The van der Waals surface area contributed by atoms with Crippen LogP contribution in [0.25, 0.3) is 38.8 Å². The molecule has 6 aromatic rings. The summed E-state index contributed by atoms with van der Waals surface area (Å²) in [6.07, 6.45) is 8.69.